The van der Waals surface area contributed by atoms with Crippen molar-refractivity contribution < 1.29 is 24.8 Å². The summed E-state index contributed by atoms with van der Waals surface area (Å²) in [5, 5.41) is 29.7. The average molecular weight is 442 g/mol. The number of rotatable bonds is 5. The van der Waals surface area contributed by atoms with Crippen molar-refractivity contribution in [1.29, 1.82) is 0 Å². The van der Waals surface area contributed by atoms with Gasteiger partial charge in [0.1, 0.15) is 37.0 Å². The largest absolute Gasteiger partial charge is 0.491 e. The number of nitrogens with zero attached hydrogens (tertiary/aromatic N) is 4. The number of anilines is 1. The molecule has 1 unspecified atom stereocenters. The second kappa shape index (κ2) is 8.26. The molecule has 1 fully saturated rings. The van der Waals surface area contributed by atoms with E-state index in [0.717, 1.165) is 17.7 Å². The van der Waals surface area contributed by atoms with Crippen molar-refractivity contribution in [3.05, 3.63) is 41.5 Å². The van der Waals surface area contributed by atoms with E-state index in [1.54, 1.807) is 0 Å². The maximum atomic E-state index is 10.3. The standard InChI is InChI=1S/C21H26N6O5/c1-10-3-4-12-5-13(7-31-18(12)11(10)2)25-26-19-15-20(23-8-22-19)27(9-24-15)21-17(30)16(29)14(6-28)32-21/h3-4,8-9,13-14,16-17,21,25,28-30H,5-7H2,1-2H3,(H,22,23,26)/t13?,14-,16-,17-,21-/m1/s1. The summed E-state index contributed by atoms with van der Waals surface area (Å²) in [5.74, 6) is 1.43. The van der Waals surface area contributed by atoms with Crippen LogP contribution < -0.4 is 15.6 Å². The van der Waals surface area contributed by atoms with E-state index in [2.05, 4.69) is 51.8 Å². The molecule has 0 radical (unpaired) electrons. The van der Waals surface area contributed by atoms with Crippen molar-refractivity contribution in [2.75, 3.05) is 18.6 Å². The molecule has 2 aromatic heterocycles. The predicted molar refractivity (Wildman–Crippen MR) is 114 cm³/mol. The van der Waals surface area contributed by atoms with Gasteiger partial charge in [0.15, 0.2) is 23.2 Å². The van der Waals surface area contributed by atoms with Crippen LogP contribution in [-0.4, -0.2) is 72.4 Å². The van der Waals surface area contributed by atoms with E-state index in [0.29, 0.717) is 23.6 Å². The number of aliphatic hydroxyl groups excluding tert-OH is 3. The Morgan fingerprint density at radius 1 is 1.16 bits per heavy atom. The molecule has 0 amide bonds. The van der Waals surface area contributed by atoms with Crippen LogP contribution in [0.5, 0.6) is 5.75 Å². The fraction of sp³-hybridized carbons (Fsp3) is 0.476. The summed E-state index contributed by atoms with van der Waals surface area (Å²) in [7, 11) is 0. The van der Waals surface area contributed by atoms with Crippen molar-refractivity contribution >= 4 is 17.0 Å². The highest BCUT2D eigenvalue weighted by Gasteiger charge is 2.44. The summed E-state index contributed by atoms with van der Waals surface area (Å²) in [4.78, 5) is 12.9. The van der Waals surface area contributed by atoms with Gasteiger partial charge < -0.3 is 30.2 Å². The fourth-order valence-electron chi connectivity index (χ4n) is 4.22. The van der Waals surface area contributed by atoms with Crippen LogP contribution in [0.3, 0.4) is 0 Å². The number of aromatic nitrogens is 4. The molecule has 1 aromatic carbocycles. The van der Waals surface area contributed by atoms with Gasteiger partial charge in [-0.05, 0) is 37.0 Å². The van der Waals surface area contributed by atoms with Gasteiger partial charge in [-0.25, -0.2) is 20.4 Å². The molecule has 2 aliphatic heterocycles. The predicted octanol–water partition coefficient (Wildman–Crippen LogP) is -0.0252. The third-order valence-corrected chi connectivity index (χ3v) is 6.20. The molecular formula is C21H26N6O5. The fourth-order valence-corrected chi connectivity index (χ4v) is 4.22. The third-order valence-electron chi connectivity index (χ3n) is 6.20. The summed E-state index contributed by atoms with van der Waals surface area (Å²) in [5.41, 5.74) is 10.8. The smallest absolute Gasteiger partial charge is 0.171 e. The summed E-state index contributed by atoms with van der Waals surface area (Å²) in [6.07, 6.45) is -0.575. The van der Waals surface area contributed by atoms with E-state index in [-0.39, 0.29) is 6.04 Å². The Hall–Kier alpha value is -2.83. The Kier molecular flexibility index (Phi) is 5.43. The molecule has 0 saturated carbocycles. The van der Waals surface area contributed by atoms with Crippen molar-refractivity contribution in [1.82, 2.24) is 24.9 Å². The van der Waals surface area contributed by atoms with E-state index in [1.165, 1.54) is 28.3 Å². The molecule has 5 N–H and O–H groups in total. The monoisotopic (exact) mass is 442 g/mol. The molecule has 1 saturated heterocycles. The Balaban J connectivity index is 1.32. The van der Waals surface area contributed by atoms with Crippen molar-refractivity contribution in [3.63, 3.8) is 0 Å². The normalized spacial score (nSPS) is 27.3. The minimum atomic E-state index is -1.22. The molecule has 0 bridgehead atoms. The molecule has 0 aliphatic carbocycles. The summed E-state index contributed by atoms with van der Waals surface area (Å²) in [6.45, 7) is 4.25. The van der Waals surface area contributed by atoms with E-state index >= 15 is 0 Å². The van der Waals surface area contributed by atoms with Crippen LogP contribution in [0.25, 0.3) is 11.2 Å². The molecular weight excluding hydrogens is 416 g/mol. The molecule has 4 heterocycles. The number of benzene rings is 1. The first-order valence-electron chi connectivity index (χ1n) is 10.5. The number of imidazole rings is 1. The lowest BCUT2D eigenvalue weighted by Gasteiger charge is -2.28. The van der Waals surface area contributed by atoms with Crippen LogP contribution in [-0.2, 0) is 11.2 Å². The number of hydrogen-bond donors (Lipinski definition) is 5. The lowest BCUT2D eigenvalue weighted by Crippen LogP contribution is -2.42. The molecule has 5 atom stereocenters. The van der Waals surface area contributed by atoms with Gasteiger partial charge in [0, 0.05) is 0 Å². The molecule has 0 spiro atoms. The Morgan fingerprint density at radius 2 is 2.00 bits per heavy atom. The van der Waals surface area contributed by atoms with Crippen LogP contribution in [0, 0.1) is 13.8 Å². The van der Waals surface area contributed by atoms with Crippen LogP contribution >= 0.6 is 0 Å². The first-order chi connectivity index (χ1) is 15.5. The lowest BCUT2D eigenvalue weighted by atomic mass is 9.97. The van der Waals surface area contributed by atoms with E-state index in [9.17, 15) is 15.3 Å². The molecule has 11 heteroatoms. The topological polar surface area (TPSA) is 147 Å². The summed E-state index contributed by atoms with van der Waals surface area (Å²) < 4.78 is 13.1. The van der Waals surface area contributed by atoms with Gasteiger partial charge in [0.2, 0.25) is 0 Å². The Labute approximate surface area is 184 Å². The number of nitrogens with one attached hydrogen (secondary N) is 2. The van der Waals surface area contributed by atoms with Crippen LogP contribution in [0.1, 0.15) is 22.9 Å². The number of aliphatic hydroxyl groups is 3. The minimum absolute atomic E-state index is 0.0251. The molecule has 2 aliphatic rings. The molecule has 32 heavy (non-hydrogen) atoms. The maximum absolute atomic E-state index is 10.3. The lowest BCUT2D eigenvalue weighted by molar-refractivity contribution is -0.0511. The number of aryl methyl sites for hydroxylation is 1. The van der Waals surface area contributed by atoms with Gasteiger partial charge in [-0.1, -0.05) is 12.1 Å². The van der Waals surface area contributed by atoms with Gasteiger partial charge in [-0.15, -0.1) is 0 Å². The average Bonchev–Trinajstić information content (AvgIpc) is 3.36. The Bertz CT molecular complexity index is 1140. The molecule has 5 rings (SSSR count). The van der Waals surface area contributed by atoms with Gasteiger partial charge in [0.25, 0.3) is 0 Å². The summed E-state index contributed by atoms with van der Waals surface area (Å²) >= 11 is 0. The maximum Gasteiger partial charge on any atom is 0.171 e. The number of ether oxygens (including phenoxy) is 2. The van der Waals surface area contributed by atoms with Gasteiger partial charge in [0.05, 0.1) is 19.0 Å². The minimum Gasteiger partial charge on any atom is -0.491 e. The molecule has 11 nitrogen and oxygen atoms in total. The zero-order valence-electron chi connectivity index (χ0n) is 17.8. The van der Waals surface area contributed by atoms with Crippen molar-refractivity contribution in [2.24, 2.45) is 0 Å². The van der Waals surface area contributed by atoms with Gasteiger partial charge in [-0.3, -0.25) is 4.57 Å². The SMILES string of the molecule is Cc1ccc2c(c1C)OCC(NNc1ncnc3c1ncn3[C@@H]1O[C@H](CO)[C@@H](O)[C@H]1O)C2. The van der Waals surface area contributed by atoms with Gasteiger partial charge in [-0.2, -0.15) is 0 Å². The van der Waals surface area contributed by atoms with Crippen LogP contribution in [0.15, 0.2) is 24.8 Å². The van der Waals surface area contributed by atoms with E-state index in [4.69, 9.17) is 9.47 Å². The first kappa shape index (κ1) is 21.0. The van der Waals surface area contributed by atoms with Crippen LogP contribution in [0.4, 0.5) is 5.82 Å². The zero-order chi connectivity index (χ0) is 22.4. The highest BCUT2D eigenvalue weighted by molar-refractivity contribution is 5.82. The molecule has 3 aromatic rings. The van der Waals surface area contributed by atoms with Crippen molar-refractivity contribution in [2.45, 2.75) is 50.8 Å². The highest BCUT2D eigenvalue weighted by atomic mass is 16.6. The number of fused-ring (bicyclic) bond motifs is 2. The highest BCUT2D eigenvalue weighted by Crippen LogP contribution is 2.33. The number of hydrogen-bond acceptors (Lipinski definition) is 10. The number of hydrazine groups is 1. The Morgan fingerprint density at radius 3 is 2.78 bits per heavy atom. The first-order valence-corrected chi connectivity index (χ1v) is 10.5. The third kappa shape index (κ3) is 3.48. The van der Waals surface area contributed by atoms with E-state index < -0.39 is 31.1 Å². The quantitative estimate of drug-likeness (QED) is 0.341. The second-order valence-electron chi connectivity index (χ2n) is 8.25. The van der Waals surface area contributed by atoms with Crippen LogP contribution in [0.2, 0.25) is 0 Å². The van der Waals surface area contributed by atoms with E-state index in [1.807, 2.05) is 0 Å². The zero-order valence-corrected chi connectivity index (χ0v) is 17.8. The second-order valence-corrected chi connectivity index (χ2v) is 8.25. The van der Waals surface area contributed by atoms with Gasteiger partial charge >= 0.3 is 0 Å². The molecule has 170 valence electrons. The van der Waals surface area contributed by atoms with Crippen molar-refractivity contribution in [3.8, 4) is 5.75 Å². The summed E-state index contributed by atoms with van der Waals surface area (Å²) in [6, 6.07) is 4.22.